The van der Waals surface area contributed by atoms with Crippen molar-refractivity contribution >= 4 is 17.6 Å². The lowest BCUT2D eigenvalue weighted by atomic mass is 10.2. The maximum absolute atomic E-state index is 11.2. The molecule has 0 amide bonds. The van der Waals surface area contributed by atoms with E-state index in [4.69, 9.17) is 11.6 Å². The van der Waals surface area contributed by atoms with E-state index in [0.717, 1.165) is 5.56 Å². The highest BCUT2D eigenvalue weighted by atomic mass is 35.5. The molecule has 1 aromatic carbocycles. The molecule has 4 nitrogen and oxygen atoms in total. The number of halogens is 1. The summed E-state index contributed by atoms with van der Waals surface area (Å²) in [6.45, 7) is 0.591. The van der Waals surface area contributed by atoms with Crippen LogP contribution in [-0.4, -0.2) is 22.9 Å². The molecule has 0 radical (unpaired) electrons. The van der Waals surface area contributed by atoms with Crippen molar-refractivity contribution in [1.29, 1.82) is 0 Å². The number of ether oxygens (including phenoxy) is 1. The molecule has 2 rings (SSSR count). The summed E-state index contributed by atoms with van der Waals surface area (Å²) < 4.78 is 6.28. The number of aromatic nitrogens is 2. The van der Waals surface area contributed by atoms with Crippen LogP contribution in [0.5, 0.6) is 0 Å². The van der Waals surface area contributed by atoms with Crippen LogP contribution >= 0.6 is 11.6 Å². The number of benzene rings is 1. The summed E-state index contributed by atoms with van der Waals surface area (Å²) in [5.74, 6) is -0.382. The first-order chi connectivity index (χ1) is 8.19. The first kappa shape index (κ1) is 11.7. The third kappa shape index (κ3) is 2.85. The van der Waals surface area contributed by atoms with Crippen molar-refractivity contribution in [2.45, 2.75) is 6.54 Å². The monoisotopic (exact) mass is 250 g/mol. The summed E-state index contributed by atoms with van der Waals surface area (Å²) in [5, 5.41) is 4.78. The molecule has 5 heteroatoms. The Bertz CT molecular complexity index is 520. The largest absolute Gasteiger partial charge is 0.465 e. The molecule has 0 N–H and O–H groups in total. The second kappa shape index (κ2) is 5.01. The molecule has 0 aliphatic heterocycles. The highest BCUT2D eigenvalue weighted by Crippen LogP contribution is 2.11. The van der Waals surface area contributed by atoms with E-state index in [2.05, 4.69) is 9.84 Å². The average molecular weight is 251 g/mol. The Kier molecular flexibility index (Phi) is 3.44. The minimum absolute atomic E-state index is 0.382. The lowest BCUT2D eigenvalue weighted by Gasteiger charge is -2.01. The van der Waals surface area contributed by atoms with Crippen molar-refractivity contribution < 1.29 is 9.53 Å². The van der Waals surface area contributed by atoms with Crippen LogP contribution in [0, 0.1) is 0 Å². The van der Waals surface area contributed by atoms with Crippen LogP contribution in [0.4, 0.5) is 0 Å². The lowest BCUT2D eigenvalue weighted by molar-refractivity contribution is 0.0600. The topological polar surface area (TPSA) is 44.1 Å². The number of carbonyl (C=O) groups is 1. The molecule has 1 aromatic heterocycles. The smallest absolute Gasteiger partial charge is 0.341 e. The van der Waals surface area contributed by atoms with Crippen molar-refractivity contribution in [3.05, 3.63) is 52.8 Å². The van der Waals surface area contributed by atoms with Gasteiger partial charge in [0.2, 0.25) is 0 Å². The molecular formula is C12H11ClN2O2. The Labute approximate surface area is 104 Å². The van der Waals surface area contributed by atoms with Gasteiger partial charge in [0.1, 0.15) is 0 Å². The molecule has 88 valence electrons. The number of rotatable bonds is 3. The van der Waals surface area contributed by atoms with Crippen molar-refractivity contribution in [3.63, 3.8) is 0 Å². The van der Waals surface area contributed by atoms with Gasteiger partial charge in [0.05, 0.1) is 25.4 Å². The summed E-state index contributed by atoms with van der Waals surface area (Å²) in [5.41, 5.74) is 1.51. The molecule has 0 saturated carbocycles. The van der Waals surface area contributed by atoms with Gasteiger partial charge in [-0.25, -0.2) is 4.79 Å². The molecule has 1 heterocycles. The van der Waals surface area contributed by atoms with Gasteiger partial charge in [0.15, 0.2) is 0 Å². The molecule has 17 heavy (non-hydrogen) atoms. The minimum Gasteiger partial charge on any atom is -0.465 e. The van der Waals surface area contributed by atoms with Gasteiger partial charge in [-0.05, 0) is 17.7 Å². The van der Waals surface area contributed by atoms with Gasteiger partial charge in [-0.1, -0.05) is 23.7 Å². The summed E-state index contributed by atoms with van der Waals surface area (Å²) in [7, 11) is 1.35. The number of carbonyl (C=O) groups excluding carboxylic acids is 1. The number of nitrogens with zero attached hydrogens (tertiary/aromatic N) is 2. The van der Waals surface area contributed by atoms with Crippen LogP contribution in [0.1, 0.15) is 15.9 Å². The van der Waals surface area contributed by atoms with E-state index >= 15 is 0 Å². The molecule has 0 aliphatic carbocycles. The predicted octanol–water partition coefficient (Wildman–Crippen LogP) is 2.37. The van der Waals surface area contributed by atoms with Crippen molar-refractivity contribution in [2.24, 2.45) is 0 Å². The average Bonchev–Trinajstić information content (AvgIpc) is 2.80. The van der Waals surface area contributed by atoms with Gasteiger partial charge in [0.25, 0.3) is 0 Å². The van der Waals surface area contributed by atoms with Gasteiger partial charge in [-0.3, -0.25) is 4.68 Å². The number of methoxy groups -OCH3 is 1. The fourth-order valence-electron chi connectivity index (χ4n) is 1.45. The third-order valence-corrected chi connectivity index (χ3v) is 2.56. The van der Waals surface area contributed by atoms with Gasteiger partial charge >= 0.3 is 5.97 Å². The number of esters is 1. The third-order valence-electron chi connectivity index (χ3n) is 2.31. The van der Waals surface area contributed by atoms with E-state index in [0.29, 0.717) is 17.1 Å². The Morgan fingerprint density at radius 3 is 2.76 bits per heavy atom. The number of hydrogen-bond donors (Lipinski definition) is 0. The van der Waals surface area contributed by atoms with Crippen LogP contribution in [0.15, 0.2) is 36.7 Å². The zero-order chi connectivity index (χ0) is 12.3. The van der Waals surface area contributed by atoms with Crippen molar-refractivity contribution in [3.8, 4) is 0 Å². The first-order valence-corrected chi connectivity index (χ1v) is 5.42. The van der Waals surface area contributed by atoms with Crippen LogP contribution in [-0.2, 0) is 11.3 Å². The molecule has 2 aromatic rings. The van der Waals surface area contributed by atoms with E-state index in [1.54, 1.807) is 10.9 Å². The normalized spacial score (nSPS) is 10.2. The van der Waals surface area contributed by atoms with Gasteiger partial charge in [-0.2, -0.15) is 5.10 Å². The summed E-state index contributed by atoms with van der Waals surface area (Å²) in [6.07, 6.45) is 3.14. The fourth-order valence-corrected chi connectivity index (χ4v) is 1.58. The van der Waals surface area contributed by atoms with Crippen LogP contribution in [0.3, 0.4) is 0 Å². The van der Waals surface area contributed by atoms with Gasteiger partial charge in [-0.15, -0.1) is 0 Å². The fraction of sp³-hybridized carbons (Fsp3) is 0.167. The zero-order valence-electron chi connectivity index (χ0n) is 9.26. The van der Waals surface area contributed by atoms with Gasteiger partial charge in [0, 0.05) is 11.2 Å². The van der Waals surface area contributed by atoms with Crippen LogP contribution < -0.4 is 0 Å². The summed E-state index contributed by atoms with van der Waals surface area (Å²) in [6, 6.07) is 7.48. The van der Waals surface area contributed by atoms with Gasteiger partial charge < -0.3 is 4.74 Å². The van der Waals surface area contributed by atoms with E-state index in [1.165, 1.54) is 13.3 Å². The SMILES string of the molecule is COC(=O)c1cnn(Cc2ccc(Cl)cc2)c1. The van der Waals surface area contributed by atoms with Crippen molar-refractivity contribution in [1.82, 2.24) is 9.78 Å². The Morgan fingerprint density at radius 1 is 1.41 bits per heavy atom. The Balaban J connectivity index is 2.11. The molecule has 0 fully saturated rings. The summed E-state index contributed by atoms with van der Waals surface area (Å²) in [4.78, 5) is 11.2. The molecule has 0 bridgehead atoms. The molecule has 0 aliphatic rings. The number of hydrogen-bond acceptors (Lipinski definition) is 3. The Morgan fingerprint density at radius 2 is 2.12 bits per heavy atom. The van der Waals surface area contributed by atoms with E-state index in [-0.39, 0.29) is 5.97 Å². The Hall–Kier alpha value is -1.81. The maximum Gasteiger partial charge on any atom is 0.341 e. The maximum atomic E-state index is 11.2. The quantitative estimate of drug-likeness (QED) is 0.786. The second-order valence-corrected chi connectivity index (χ2v) is 3.98. The predicted molar refractivity (Wildman–Crippen MR) is 64.1 cm³/mol. The molecule has 0 unspecified atom stereocenters. The summed E-state index contributed by atoms with van der Waals surface area (Å²) >= 11 is 5.80. The van der Waals surface area contributed by atoms with E-state index < -0.39 is 0 Å². The standard InChI is InChI=1S/C12H11ClN2O2/c1-17-12(16)10-6-14-15(8-10)7-9-2-4-11(13)5-3-9/h2-6,8H,7H2,1H3. The van der Waals surface area contributed by atoms with E-state index in [1.807, 2.05) is 24.3 Å². The van der Waals surface area contributed by atoms with Crippen molar-refractivity contribution in [2.75, 3.05) is 7.11 Å². The zero-order valence-corrected chi connectivity index (χ0v) is 10.0. The molecule has 0 spiro atoms. The van der Waals surface area contributed by atoms with Crippen LogP contribution in [0.25, 0.3) is 0 Å². The molecular weight excluding hydrogens is 240 g/mol. The molecule has 0 atom stereocenters. The van der Waals surface area contributed by atoms with E-state index in [9.17, 15) is 4.79 Å². The highest BCUT2D eigenvalue weighted by Gasteiger charge is 2.08. The second-order valence-electron chi connectivity index (χ2n) is 3.54. The lowest BCUT2D eigenvalue weighted by Crippen LogP contribution is -2.01. The highest BCUT2D eigenvalue weighted by molar-refractivity contribution is 6.30. The van der Waals surface area contributed by atoms with Crippen LogP contribution in [0.2, 0.25) is 5.02 Å². The molecule has 0 saturated heterocycles. The first-order valence-electron chi connectivity index (χ1n) is 5.04. The minimum atomic E-state index is -0.382.